The molecule has 0 aromatic heterocycles. The molecule has 0 saturated carbocycles. The second-order valence-corrected chi connectivity index (χ2v) is 6.66. The Bertz CT molecular complexity index is 846. The normalized spacial score (nSPS) is 13.3. The van der Waals surface area contributed by atoms with Crippen LogP contribution in [0.4, 0.5) is 5.69 Å². The van der Waals surface area contributed by atoms with Crippen LogP contribution in [0, 0.1) is 0 Å². The number of hydrogen-bond donors (Lipinski definition) is 1. The van der Waals surface area contributed by atoms with Gasteiger partial charge in [-0.2, -0.15) is 0 Å². The van der Waals surface area contributed by atoms with Gasteiger partial charge < -0.3 is 24.3 Å². The summed E-state index contributed by atoms with van der Waals surface area (Å²) in [5.41, 5.74) is 1.86. The van der Waals surface area contributed by atoms with Gasteiger partial charge in [-0.05, 0) is 50.6 Å². The number of amides is 1. The third-order valence-corrected chi connectivity index (χ3v) is 4.07. The number of esters is 1. The zero-order valence-corrected chi connectivity index (χ0v) is 16.1. The predicted octanol–water partition coefficient (Wildman–Crippen LogP) is 3.52. The van der Waals surface area contributed by atoms with Gasteiger partial charge in [0.15, 0.2) is 17.6 Å². The van der Waals surface area contributed by atoms with Gasteiger partial charge in [-0.25, -0.2) is 4.79 Å². The Hall–Kier alpha value is -3.06. The Kier molecular flexibility index (Phi) is 6.16. The number of fused-ring (bicyclic) bond motifs is 1. The van der Waals surface area contributed by atoms with Crippen molar-refractivity contribution in [2.24, 2.45) is 0 Å². The van der Waals surface area contributed by atoms with E-state index in [1.807, 2.05) is 13.8 Å². The molecule has 1 aliphatic heterocycles. The molecule has 2 aromatic carbocycles. The molecule has 0 saturated heterocycles. The molecule has 1 amide bonds. The average Bonchev–Trinajstić information content (AvgIpc) is 3.14. The van der Waals surface area contributed by atoms with Crippen molar-refractivity contribution in [3.05, 3.63) is 53.6 Å². The second kappa shape index (κ2) is 8.75. The monoisotopic (exact) mass is 385 g/mol. The van der Waals surface area contributed by atoms with Crippen molar-refractivity contribution in [1.82, 2.24) is 0 Å². The standard InChI is InChI=1S/C21H23NO6/c1-13(2)25-11-15-4-6-16(7-5-15)21(24)28-14(3)20(23)22-17-8-9-18-19(10-17)27-12-26-18/h4-10,13-14H,11-12H2,1-3H3,(H,22,23)/t14-/m1/s1. The molecule has 0 spiro atoms. The highest BCUT2D eigenvalue weighted by Gasteiger charge is 2.20. The van der Waals surface area contributed by atoms with E-state index in [-0.39, 0.29) is 12.9 Å². The number of rotatable bonds is 7. The molecule has 0 unspecified atom stereocenters. The van der Waals surface area contributed by atoms with Gasteiger partial charge >= 0.3 is 5.97 Å². The van der Waals surface area contributed by atoms with Gasteiger partial charge in [0, 0.05) is 11.8 Å². The molecule has 0 fully saturated rings. The summed E-state index contributed by atoms with van der Waals surface area (Å²) in [4.78, 5) is 24.6. The summed E-state index contributed by atoms with van der Waals surface area (Å²) in [5, 5.41) is 2.70. The second-order valence-electron chi connectivity index (χ2n) is 6.66. The molecule has 1 heterocycles. The zero-order chi connectivity index (χ0) is 20.1. The van der Waals surface area contributed by atoms with Crippen molar-refractivity contribution in [3.8, 4) is 11.5 Å². The van der Waals surface area contributed by atoms with Crippen molar-refractivity contribution in [2.75, 3.05) is 12.1 Å². The van der Waals surface area contributed by atoms with Crippen LogP contribution in [0.2, 0.25) is 0 Å². The van der Waals surface area contributed by atoms with Crippen molar-refractivity contribution in [1.29, 1.82) is 0 Å². The number of anilines is 1. The van der Waals surface area contributed by atoms with Crippen LogP contribution in [0.15, 0.2) is 42.5 Å². The molecule has 0 radical (unpaired) electrons. The van der Waals surface area contributed by atoms with Crippen LogP contribution in [0.1, 0.15) is 36.7 Å². The summed E-state index contributed by atoms with van der Waals surface area (Å²) in [6.07, 6.45) is -0.823. The first kappa shape index (κ1) is 19.7. The lowest BCUT2D eigenvalue weighted by atomic mass is 10.1. The Morgan fingerprint density at radius 2 is 1.75 bits per heavy atom. The minimum Gasteiger partial charge on any atom is -0.454 e. The lowest BCUT2D eigenvalue weighted by Crippen LogP contribution is -2.30. The number of nitrogens with one attached hydrogen (secondary N) is 1. The first-order valence-electron chi connectivity index (χ1n) is 9.04. The van der Waals surface area contributed by atoms with Crippen molar-refractivity contribution >= 4 is 17.6 Å². The molecule has 2 aromatic rings. The summed E-state index contributed by atoms with van der Waals surface area (Å²) < 4.78 is 21.3. The van der Waals surface area contributed by atoms with Crippen LogP contribution in [-0.2, 0) is 20.9 Å². The summed E-state index contributed by atoms with van der Waals surface area (Å²) in [6, 6.07) is 12.0. The van der Waals surface area contributed by atoms with Crippen LogP contribution in [0.5, 0.6) is 11.5 Å². The van der Waals surface area contributed by atoms with E-state index in [1.54, 1.807) is 42.5 Å². The van der Waals surface area contributed by atoms with Gasteiger partial charge in [-0.1, -0.05) is 12.1 Å². The largest absolute Gasteiger partial charge is 0.454 e. The molecule has 7 nitrogen and oxygen atoms in total. The SMILES string of the molecule is CC(C)OCc1ccc(C(=O)O[C@H](C)C(=O)Nc2ccc3c(c2)OCO3)cc1. The minimum absolute atomic E-state index is 0.133. The summed E-state index contributed by atoms with van der Waals surface area (Å²) in [7, 11) is 0. The molecule has 148 valence electrons. The zero-order valence-electron chi connectivity index (χ0n) is 16.1. The van der Waals surface area contributed by atoms with Gasteiger partial charge in [0.2, 0.25) is 6.79 Å². The first-order chi connectivity index (χ1) is 13.4. The van der Waals surface area contributed by atoms with Crippen molar-refractivity contribution in [3.63, 3.8) is 0 Å². The predicted molar refractivity (Wildman–Crippen MR) is 102 cm³/mol. The van der Waals surface area contributed by atoms with Crippen LogP contribution < -0.4 is 14.8 Å². The average molecular weight is 385 g/mol. The maximum atomic E-state index is 12.3. The van der Waals surface area contributed by atoms with E-state index in [0.717, 1.165) is 5.56 Å². The molecule has 1 N–H and O–H groups in total. The fourth-order valence-corrected chi connectivity index (χ4v) is 2.50. The van der Waals surface area contributed by atoms with Crippen molar-refractivity contribution in [2.45, 2.75) is 39.6 Å². The number of ether oxygens (including phenoxy) is 4. The van der Waals surface area contributed by atoms with E-state index in [1.165, 1.54) is 6.92 Å². The highest BCUT2D eigenvalue weighted by Crippen LogP contribution is 2.34. The Labute approximate surface area is 163 Å². The highest BCUT2D eigenvalue weighted by atomic mass is 16.7. The molecule has 7 heteroatoms. The summed E-state index contributed by atoms with van der Waals surface area (Å²) in [5.74, 6) is 0.183. The fourth-order valence-electron chi connectivity index (χ4n) is 2.50. The number of carbonyl (C=O) groups excluding carboxylic acids is 2. The highest BCUT2D eigenvalue weighted by molar-refractivity contribution is 5.97. The molecule has 28 heavy (non-hydrogen) atoms. The molecule has 0 bridgehead atoms. The summed E-state index contributed by atoms with van der Waals surface area (Å²) >= 11 is 0. The Morgan fingerprint density at radius 1 is 1.04 bits per heavy atom. The van der Waals surface area contributed by atoms with Gasteiger partial charge in [0.05, 0.1) is 18.3 Å². The molecule has 1 atom stereocenters. The van der Waals surface area contributed by atoms with Crippen LogP contribution >= 0.6 is 0 Å². The van der Waals surface area contributed by atoms with Gasteiger partial charge in [0.25, 0.3) is 5.91 Å². The lowest BCUT2D eigenvalue weighted by molar-refractivity contribution is -0.123. The first-order valence-corrected chi connectivity index (χ1v) is 9.04. The Balaban J connectivity index is 1.53. The van der Waals surface area contributed by atoms with Crippen LogP contribution in [0.3, 0.4) is 0 Å². The Morgan fingerprint density at radius 3 is 2.46 bits per heavy atom. The number of hydrogen-bond acceptors (Lipinski definition) is 6. The maximum absolute atomic E-state index is 12.3. The van der Waals surface area contributed by atoms with Crippen LogP contribution in [-0.4, -0.2) is 30.9 Å². The third-order valence-electron chi connectivity index (χ3n) is 4.07. The van der Waals surface area contributed by atoms with E-state index >= 15 is 0 Å². The van der Waals surface area contributed by atoms with E-state index in [0.29, 0.717) is 29.4 Å². The quantitative estimate of drug-likeness (QED) is 0.734. The minimum atomic E-state index is -0.957. The van der Waals surface area contributed by atoms with Crippen LogP contribution in [0.25, 0.3) is 0 Å². The van der Waals surface area contributed by atoms with E-state index in [9.17, 15) is 9.59 Å². The lowest BCUT2D eigenvalue weighted by Gasteiger charge is -2.14. The van der Waals surface area contributed by atoms with E-state index in [2.05, 4.69) is 5.32 Å². The molecular weight excluding hydrogens is 362 g/mol. The van der Waals surface area contributed by atoms with Crippen molar-refractivity contribution < 1.29 is 28.5 Å². The molecule has 0 aliphatic carbocycles. The molecule has 3 rings (SSSR count). The third kappa shape index (κ3) is 5.01. The number of carbonyl (C=O) groups is 2. The van der Waals surface area contributed by atoms with E-state index < -0.39 is 18.0 Å². The van der Waals surface area contributed by atoms with Gasteiger partial charge in [-0.3, -0.25) is 4.79 Å². The maximum Gasteiger partial charge on any atom is 0.338 e. The smallest absolute Gasteiger partial charge is 0.338 e. The molecule has 1 aliphatic rings. The summed E-state index contributed by atoms with van der Waals surface area (Å²) in [6.45, 7) is 6.07. The van der Waals surface area contributed by atoms with E-state index in [4.69, 9.17) is 18.9 Å². The van der Waals surface area contributed by atoms with Gasteiger partial charge in [-0.15, -0.1) is 0 Å². The van der Waals surface area contributed by atoms with Gasteiger partial charge in [0.1, 0.15) is 0 Å². The fraction of sp³-hybridized carbons (Fsp3) is 0.333. The molecular formula is C21H23NO6. The number of benzene rings is 2. The topological polar surface area (TPSA) is 83.1 Å².